The highest BCUT2D eigenvalue weighted by atomic mass is 16.5. The molecule has 4 heteroatoms. The van der Waals surface area contributed by atoms with Crippen molar-refractivity contribution in [1.82, 2.24) is 10.2 Å². The van der Waals surface area contributed by atoms with Gasteiger partial charge in [-0.15, -0.1) is 0 Å². The van der Waals surface area contributed by atoms with Crippen LogP contribution >= 0.6 is 0 Å². The first-order valence-corrected chi connectivity index (χ1v) is 7.49. The van der Waals surface area contributed by atoms with Gasteiger partial charge >= 0.3 is 0 Å². The third-order valence-corrected chi connectivity index (χ3v) is 3.82. The van der Waals surface area contributed by atoms with Gasteiger partial charge in [-0.2, -0.15) is 0 Å². The van der Waals surface area contributed by atoms with E-state index in [0.29, 0.717) is 6.04 Å². The maximum Gasteiger partial charge on any atom is 0.243 e. The van der Waals surface area contributed by atoms with Crippen LogP contribution in [0.2, 0.25) is 0 Å². The summed E-state index contributed by atoms with van der Waals surface area (Å²) in [5.74, 6) is 0.912. The average Bonchev–Trinajstić information content (AvgIpc) is 2.50. The minimum absolute atomic E-state index is 0.0195. The number of rotatable bonds is 5. The largest absolute Gasteiger partial charge is 0.497 e. The van der Waals surface area contributed by atoms with Crippen LogP contribution in [0.3, 0.4) is 0 Å². The van der Waals surface area contributed by atoms with Crippen molar-refractivity contribution in [3.63, 3.8) is 0 Å². The number of piperidine rings is 1. The summed E-state index contributed by atoms with van der Waals surface area (Å²) >= 11 is 0. The Morgan fingerprint density at radius 3 is 2.57 bits per heavy atom. The van der Waals surface area contributed by atoms with Crippen molar-refractivity contribution in [2.75, 3.05) is 20.2 Å². The summed E-state index contributed by atoms with van der Waals surface area (Å²) in [6, 6.07) is 8.52. The second-order valence-corrected chi connectivity index (χ2v) is 5.41. The summed E-state index contributed by atoms with van der Waals surface area (Å²) in [6.07, 6.45) is 5.39. The number of carbonyl (C=O) groups is 1. The molecule has 21 heavy (non-hydrogen) atoms. The predicted octanol–water partition coefficient (Wildman–Crippen LogP) is 2.35. The molecule has 4 nitrogen and oxygen atoms in total. The number of hydrogen-bond acceptors (Lipinski definition) is 3. The van der Waals surface area contributed by atoms with E-state index < -0.39 is 0 Å². The normalized spacial score (nSPS) is 17.0. The molecule has 0 saturated carbocycles. The van der Waals surface area contributed by atoms with Crippen LogP contribution in [-0.4, -0.2) is 37.0 Å². The van der Waals surface area contributed by atoms with E-state index in [4.69, 9.17) is 4.74 Å². The van der Waals surface area contributed by atoms with Gasteiger partial charge in [0, 0.05) is 25.7 Å². The van der Waals surface area contributed by atoms with E-state index in [9.17, 15) is 4.79 Å². The van der Waals surface area contributed by atoms with Crippen LogP contribution < -0.4 is 10.1 Å². The molecule has 1 aromatic carbocycles. The second kappa shape index (κ2) is 7.84. The Labute approximate surface area is 126 Å². The van der Waals surface area contributed by atoms with Gasteiger partial charge < -0.3 is 10.1 Å². The Bertz CT molecular complexity index is 474. The van der Waals surface area contributed by atoms with Crippen molar-refractivity contribution >= 4 is 5.91 Å². The van der Waals surface area contributed by atoms with E-state index in [1.807, 2.05) is 19.1 Å². The fraction of sp³-hybridized carbons (Fsp3) is 0.471. The summed E-state index contributed by atoms with van der Waals surface area (Å²) < 4.78 is 5.17. The first kappa shape index (κ1) is 15.6. The van der Waals surface area contributed by atoms with E-state index >= 15 is 0 Å². The smallest absolute Gasteiger partial charge is 0.243 e. The van der Waals surface area contributed by atoms with Crippen LogP contribution in [-0.2, 0) is 11.3 Å². The minimum atomic E-state index is 0.0195. The van der Waals surface area contributed by atoms with E-state index in [0.717, 1.165) is 38.2 Å². The number of nitrogens with one attached hydrogen (secondary N) is 1. The Kier molecular flexibility index (Phi) is 5.81. The van der Waals surface area contributed by atoms with Crippen molar-refractivity contribution in [3.05, 3.63) is 42.0 Å². The zero-order valence-corrected chi connectivity index (χ0v) is 12.8. The van der Waals surface area contributed by atoms with Gasteiger partial charge in [0.15, 0.2) is 0 Å². The summed E-state index contributed by atoms with van der Waals surface area (Å²) in [5, 5.41) is 3.05. The number of likely N-dealkylation sites (tertiary alicyclic amines) is 1. The molecule has 1 aliphatic heterocycles. The third kappa shape index (κ3) is 4.90. The molecule has 2 rings (SSSR count). The number of hydrogen-bond donors (Lipinski definition) is 1. The molecule has 1 fully saturated rings. The van der Waals surface area contributed by atoms with Crippen LogP contribution in [0.5, 0.6) is 5.75 Å². The highest BCUT2D eigenvalue weighted by molar-refractivity contribution is 5.87. The average molecular weight is 288 g/mol. The molecular weight excluding hydrogens is 264 g/mol. The number of nitrogens with zero attached hydrogens (tertiary/aromatic N) is 1. The number of allylic oxidation sites excluding steroid dienone is 1. The number of methoxy groups -OCH3 is 1. The van der Waals surface area contributed by atoms with Crippen molar-refractivity contribution < 1.29 is 9.53 Å². The molecule has 114 valence electrons. The first-order valence-electron chi connectivity index (χ1n) is 7.49. The Balaban J connectivity index is 1.77. The van der Waals surface area contributed by atoms with Crippen LogP contribution in [0.25, 0.3) is 0 Å². The molecule has 1 heterocycles. The van der Waals surface area contributed by atoms with Crippen molar-refractivity contribution in [1.29, 1.82) is 0 Å². The number of amides is 1. The van der Waals surface area contributed by atoms with Gasteiger partial charge in [0.05, 0.1) is 7.11 Å². The molecule has 1 aliphatic rings. The zero-order chi connectivity index (χ0) is 15.1. The van der Waals surface area contributed by atoms with Crippen molar-refractivity contribution in [2.45, 2.75) is 32.4 Å². The molecule has 0 bridgehead atoms. The Morgan fingerprint density at radius 2 is 2.00 bits per heavy atom. The van der Waals surface area contributed by atoms with Gasteiger partial charge in [0.2, 0.25) is 5.91 Å². The van der Waals surface area contributed by atoms with Gasteiger partial charge in [-0.05, 0) is 43.5 Å². The maximum atomic E-state index is 11.5. The third-order valence-electron chi connectivity index (χ3n) is 3.82. The highest BCUT2D eigenvalue weighted by Gasteiger charge is 2.19. The molecule has 0 radical (unpaired) electrons. The minimum Gasteiger partial charge on any atom is -0.497 e. The van der Waals surface area contributed by atoms with E-state index in [2.05, 4.69) is 22.3 Å². The summed E-state index contributed by atoms with van der Waals surface area (Å²) in [5.41, 5.74) is 1.30. The van der Waals surface area contributed by atoms with E-state index in [1.165, 1.54) is 5.56 Å². The van der Waals surface area contributed by atoms with Crippen LogP contribution in [0.15, 0.2) is 36.4 Å². The highest BCUT2D eigenvalue weighted by Crippen LogP contribution is 2.16. The molecule has 1 N–H and O–H groups in total. The lowest BCUT2D eigenvalue weighted by molar-refractivity contribution is -0.117. The summed E-state index contributed by atoms with van der Waals surface area (Å²) in [6.45, 7) is 4.86. The molecule has 0 aliphatic carbocycles. The first-order chi connectivity index (χ1) is 10.2. The standard InChI is InChI=1S/C17H24N2O2/c1-3-4-17(20)18-15-9-11-19(12-10-15)13-14-5-7-16(21-2)8-6-14/h3-8,15H,9-13H2,1-2H3,(H,18,20). The van der Waals surface area contributed by atoms with Gasteiger partial charge in [0.1, 0.15) is 5.75 Å². The van der Waals surface area contributed by atoms with E-state index in [-0.39, 0.29) is 5.91 Å². The molecule has 0 unspecified atom stereocenters. The summed E-state index contributed by atoms with van der Waals surface area (Å²) in [4.78, 5) is 14.0. The molecule has 0 aromatic heterocycles. The van der Waals surface area contributed by atoms with Crippen LogP contribution in [0, 0.1) is 0 Å². The second-order valence-electron chi connectivity index (χ2n) is 5.41. The van der Waals surface area contributed by atoms with Crippen LogP contribution in [0.4, 0.5) is 0 Å². The fourth-order valence-electron chi connectivity index (χ4n) is 2.63. The van der Waals surface area contributed by atoms with Gasteiger partial charge in [-0.25, -0.2) is 0 Å². The summed E-state index contributed by atoms with van der Waals surface area (Å²) in [7, 11) is 1.68. The van der Waals surface area contributed by atoms with Crippen LogP contribution in [0.1, 0.15) is 25.3 Å². The monoisotopic (exact) mass is 288 g/mol. The lowest BCUT2D eigenvalue weighted by Gasteiger charge is -2.32. The van der Waals surface area contributed by atoms with Gasteiger partial charge in [0.25, 0.3) is 0 Å². The predicted molar refractivity (Wildman–Crippen MR) is 84.2 cm³/mol. The Hall–Kier alpha value is -1.81. The lowest BCUT2D eigenvalue weighted by atomic mass is 10.0. The molecule has 1 saturated heterocycles. The topological polar surface area (TPSA) is 41.6 Å². The van der Waals surface area contributed by atoms with Crippen molar-refractivity contribution in [3.8, 4) is 5.75 Å². The fourth-order valence-corrected chi connectivity index (χ4v) is 2.63. The van der Waals surface area contributed by atoms with Crippen molar-refractivity contribution in [2.24, 2.45) is 0 Å². The SMILES string of the molecule is CC=CC(=O)NC1CCN(Cc2ccc(OC)cc2)CC1. The molecular formula is C17H24N2O2. The zero-order valence-electron chi connectivity index (χ0n) is 12.8. The molecule has 0 atom stereocenters. The molecule has 0 spiro atoms. The molecule has 1 aromatic rings. The van der Waals surface area contributed by atoms with Gasteiger partial charge in [-0.1, -0.05) is 18.2 Å². The lowest BCUT2D eigenvalue weighted by Crippen LogP contribution is -2.43. The number of carbonyl (C=O) groups excluding carboxylic acids is 1. The Morgan fingerprint density at radius 1 is 1.33 bits per heavy atom. The van der Waals surface area contributed by atoms with E-state index in [1.54, 1.807) is 19.3 Å². The quantitative estimate of drug-likeness (QED) is 0.846. The number of ether oxygens (including phenoxy) is 1. The van der Waals surface area contributed by atoms with Gasteiger partial charge in [-0.3, -0.25) is 9.69 Å². The molecule has 1 amide bonds. The maximum absolute atomic E-state index is 11.5. The number of benzene rings is 1.